The van der Waals surface area contributed by atoms with Crippen molar-refractivity contribution in [1.82, 2.24) is 0 Å². The first-order valence-corrected chi connectivity index (χ1v) is 5.49. The molecule has 0 heterocycles. The Hall–Kier alpha value is -0.160. The molecule has 0 bridgehead atoms. The highest BCUT2D eigenvalue weighted by atomic mass is 32.2. The molecule has 2 heteroatoms. The molecule has 62 valence electrons. The van der Waals surface area contributed by atoms with Crippen molar-refractivity contribution in [2.75, 3.05) is 6.26 Å². The summed E-state index contributed by atoms with van der Waals surface area (Å²) < 4.78 is 0. The van der Waals surface area contributed by atoms with Gasteiger partial charge in [-0.05, 0) is 31.4 Å². The van der Waals surface area contributed by atoms with Crippen molar-refractivity contribution in [3.8, 4) is 6.07 Å². The van der Waals surface area contributed by atoms with E-state index in [1.165, 1.54) is 12.8 Å². The maximum absolute atomic E-state index is 8.82. The first kappa shape index (κ1) is 8.93. The summed E-state index contributed by atoms with van der Waals surface area (Å²) in [5, 5.41) is 9.42. The first-order valence-electron chi connectivity index (χ1n) is 4.20. The second-order valence-corrected chi connectivity index (χ2v) is 4.50. The third-order valence-electron chi connectivity index (χ3n) is 2.52. The molecule has 1 nitrogen and oxygen atoms in total. The van der Waals surface area contributed by atoms with Gasteiger partial charge < -0.3 is 0 Å². The molecule has 0 saturated heterocycles. The highest BCUT2D eigenvalue weighted by Crippen LogP contribution is 2.34. The Morgan fingerprint density at radius 1 is 1.45 bits per heavy atom. The van der Waals surface area contributed by atoms with Crippen LogP contribution in [0.2, 0.25) is 0 Å². The Labute approximate surface area is 73.2 Å². The van der Waals surface area contributed by atoms with Gasteiger partial charge in [-0.25, -0.2) is 0 Å². The zero-order valence-corrected chi connectivity index (χ0v) is 8.03. The monoisotopic (exact) mass is 169 g/mol. The minimum atomic E-state index is 0.321. The van der Waals surface area contributed by atoms with E-state index < -0.39 is 0 Å². The summed E-state index contributed by atoms with van der Waals surface area (Å²) in [4.78, 5) is 0. The molecule has 0 aliphatic heterocycles. The third-order valence-corrected chi connectivity index (χ3v) is 3.65. The standard InChI is InChI=1S/C9H15NS/c1-7-3-4-8(6-10)9(5-7)11-2/h7-9H,3-5H2,1-2H3. The Morgan fingerprint density at radius 2 is 2.18 bits per heavy atom. The van der Waals surface area contributed by atoms with Gasteiger partial charge in [0.2, 0.25) is 0 Å². The smallest absolute Gasteiger partial charge is 0.0667 e. The maximum Gasteiger partial charge on any atom is 0.0667 e. The number of rotatable bonds is 1. The first-order chi connectivity index (χ1) is 5.27. The van der Waals surface area contributed by atoms with Crippen molar-refractivity contribution in [2.24, 2.45) is 11.8 Å². The van der Waals surface area contributed by atoms with Gasteiger partial charge in [-0.15, -0.1) is 0 Å². The van der Waals surface area contributed by atoms with Crippen molar-refractivity contribution in [3.05, 3.63) is 0 Å². The molecule has 0 aromatic carbocycles. The van der Waals surface area contributed by atoms with Crippen LogP contribution >= 0.6 is 11.8 Å². The molecule has 1 aliphatic carbocycles. The molecule has 0 N–H and O–H groups in total. The molecule has 0 aromatic heterocycles. The zero-order chi connectivity index (χ0) is 8.27. The largest absolute Gasteiger partial charge is 0.198 e. The highest BCUT2D eigenvalue weighted by molar-refractivity contribution is 7.99. The van der Waals surface area contributed by atoms with Crippen LogP contribution in [0, 0.1) is 23.2 Å². The van der Waals surface area contributed by atoms with Gasteiger partial charge in [0.1, 0.15) is 0 Å². The van der Waals surface area contributed by atoms with Gasteiger partial charge in [0, 0.05) is 5.25 Å². The average molecular weight is 169 g/mol. The Kier molecular flexibility index (Phi) is 3.26. The molecule has 1 saturated carbocycles. The van der Waals surface area contributed by atoms with Crippen LogP contribution in [-0.4, -0.2) is 11.5 Å². The van der Waals surface area contributed by atoms with Crippen LogP contribution in [0.25, 0.3) is 0 Å². The number of hydrogen-bond donors (Lipinski definition) is 0. The van der Waals surface area contributed by atoms with Gasteiger partial charge in [-0.1, -0.05) is 6.92 Å². The van der Waals surface area contributed by atoms with Crippen LogP contribution in [-0.2, 0) is 0 Å². The normalized spacial score (nSPS) is 38.1. The lowest BCUT2D eigenvalue weighted by Crippen LogP contribution is -2.24. The van der Waals surface area contributed by atoms with Gasteiger partial charge in [-0.2, -0.15) is 17.0 Å². The van der Waals surface area contributed by atoms with E-state index in [9.17, 15) is 0 Å². The van der Waals surface area contributed by atoms with E-state index in [4.69, 9.17) is 5.26 Å². The Bertz CT molecular complexity index is 161. The number of nitrogens with zero attached hydrogens (tertiary/aromatic N) is 1. The molecule has 11 heavy (non-hydrogen) atoms. The highest BCUT2D eigenvalue weighted by Gasteiger charge is 2.27. The van der Waals surface area contributed by atoms with Gasteiger partial charge in [-0.3, -0.25) is 0 Å². The van der Waals surface area contributed by atoms with Crippen molar-refractivity contribution in [1.29, 1.82) is 5.26 Å². The fraction of sp³-hybridized carbons (Fsp3) is 0.889. The fourth-order valence-corrected chi connectivity index (χ4v) is 2.78. The van der Waals surface area contributed by atoms with Gasteiger partial charge in [0.15, 0.2) is 0 Å². The van der Waals surface area contributed by atoms with Crippen LogP contribution in [0.5, 0.6) is 0 Å². The molecule has 0 amide bonds. The molecule has 1 aliphatic rings. The van der Waals surface area contributed by atoms with Crippen LogP contribution in [0.15, 0.2) is 0 Å². The lowest BCUT2D eigenvalue weighted by atomic mass is 9.83. The van der Waals surface area contributed by atoms with Gasteiger partial charge >= 0.3 is 0 Å². The van der Waals surface area contributed by atoms with Crippen molar-refractivity contribution in [2.45, 2.75) is 31.4 Å². The van der Waals surface area contributed by atoms with Crippen LogP contribution in [0.4, 0.5) is 0 Å². The van der Waals surface area contributed by atoms with Gasteiger partial charge in [0.05, 0.1) is 12.0 Å². The van der Waals surface area contributed by atoms with Crippen LogP contribution < -0.4 is 0 Å². The van der Waals surface area contributed by atoms with E-state index in [1.54, 1.807) is 0 Å². The summed E-state index contributed by atoms with van der Waals surface area (Å²) in [6, 6.07) is 2.40. The van der Waals surface area contributed by atoms with Crippen molar-refractivity contribution >= 4 is 11.8 Å². The number of nitriles is 1. The fourth-order valence-electron chi connectivity index (χ4n) is 1.74. The summed E-state index contributed by atoms with van der Waals surface area (Å²) in [5.41, 5.74) is 0. The van der Waals surface area contributed by atoms with Crippen LogP contribution in [0.3, 0.4) is 0 Å². The molecule has 0 spiro atoms. The lowest BCUT2D eigenvalue weighted by Gasteiger charge is -2.29. The molecule has 1 fully saturated rings. The summed E-state index contributed by atoms with van der Waals surface area (Å²) in [6.45, 7) is 2.29. The molecule has 0 radical (unpaired) electrons. The zero-order valence-electron chi connectivity index (χ0n) is 7.21. The van der Waals surface area contributed by atoms with E-state index in [2.05, 4.69) is 19.2 Å². The molecule has 3 unspecified atom stereocenters. The van der Waals surface area contributed by atoms with E-state index in [0.29, 0.717) is 11.2 Å². The summed E-state index contributed by atoms with van der Waals surface area (Å²) in [5.74, 6) is 1.15. The maximum atomic E-state index is 8.82. The second kappa shape index (κ2) is 4.01. The molecule has 0 aromatic rings. The van der Waals surface area contributed by atoms with Crippen molar-refractivity contribution in [3.63, 3.8) is 0 Å². The second-order valence-electron chi connectivity index (χ2n) is 3.43. The molecular weight excluding hydrogens is 154 g/mol. The van der Waals surface area contributed by atoms with Crippen molar-refractivity contribution < 1.29 is 0 Å². The number of hydrogen-bond acceptors (Lipinski definition) is 2. The molecular formula is C9H15NS. The van der Waals surface area contributed by atoms with E-state index in [0.717, 1.165) is 12.3 Å². The Morgan fingerprint density at radius 3 is 2.73 bits per heavy atom. The molecule has 1 rings (SSSR count). The van der Waals surface area contributed by atoms with E-state index in [1.807, 2.05) is 11.8 Å². The third kappa shape index (κ3) is 2.13. The van der Waals surface area contributed by atoms with E-state index >= 15 is 0 Å². The Balaban J connectivity index is 2.50. The average Bonchev–Trinajstić information content (AvgIpc) is 2.04. The summed E-state index contributed by atoms with van der Waals surface area (Å²) >= 11 is 1.86. The summed E-state index contributed by atoms with van der Waals surface area (Å²) in [6.07, 6.45) is 5.71. The molecule has 3 atom stereocenters. The minimum absolute atomic E-state index is 0.321. The number of thioether (sulfide) groups is 1. The van der Waals surface area contributed by atoms with Gasteiger partial charge in [0.25, 0.3) is 0 Å². The summed E-state index contributed by atoms with van der Waals surface area (Å²) in [7, 11) is 0. The SMILES string of the molecule is CSC1CC(C)CCC1C#N. The predicted molar refractivity (Wildman–Crippen MR) is 49.4 cm³/mol. The quantitative estimate of drug-likeness (QED) is 0.602. The predicted octanol–water partition coefficient (Wildman–Crippen LogP) is 2.68. The van der Waals surface area contributed by atoms with Crippen LogP contribution in [0.1, 0.15) is 26.2 Å². The lowest BCUT2D eigenvalue weighted by molar-refractivity contribution is 0.346. The van der Waals surface area contributed by atoms with E-state index in [-0.39, 0.29) is 0 Å². The minimum Gasteiger partial charge on any atom is -0.198 e. The topological polar surface area (TPSA) is 23.8 Å².